The van der Waals surface area contributed by atoms with Crippen molar-refractivity contribution in [3.63, 3.8) is 0 Å². The molecule has 46 valence electrons. The molecule has 0 radical (unpaired) electrons. The average molecular weight is 130 g/mol. The van der Waals surface area contributed by atoms with Crippen LogP contribution in [0.15, 0.2) is 18.1 Å². The zero-order chi connectivity index (χ0) is 6.41. The van der Waals surface area contributed by atoms with Gasteiger partial charge in [-0.2, -0.15) is 0 Å². The standard InChI is InChI=1S/C6H11OP/c1-4-6-8(3)7-5-2/h6H,1,5H2,2-3H3. The topological polar surface area (TPSA) is 9.23 Å². The van der Waals surface area contributed by atoms with Gasteiger partial charge in [-0.25, -0.2) is 0 Å². The van der Waals surface area contributed by atoms with Crippen LogP contribution in [0.2, 0.25) is 0 Å². The van der Waals surface area contributed by atoms with Gasteiger partial charge in [-0.3, -0.25) is 0 Å². The molecule has 0 fully saturated rings. The van der Waals surface area contributed by atoms with Crippen molar-refractivity contribution >= 4 is 8.15 Å². The van der Waals surface area contributed by atoms with Crippen molar-refractivity contribution in [2.24, 2.45) is 0 Å². The van der Waals surface area contributed by atoms with Crippen molar-refractivity contribution < 1.29 is 4.52 Å². The Morgan fingerprint density at radius 2 is 2.50 bits per heavy atom. The minimum Gasteiger partial charge on any atom is -0.355 e. The van der Waals surface area contributed by atoms with Crippen LogP contribution in [-0.2, 0) is 4.52 Å². The molecule has 0 aliphatic carbocycles. The fourth-order valence-electron chi connectivity index (χ4n) is 0.369. The molecule has 0 rings (SSSR count). The molecule has 0 aromatic rings. The zero-order valence-corrected chi connectivity index (χ0v) is 6.24. The monoisotopic (exact) mass is 130 g/mol. The summed E-state index contributed by atoms with van der Waals surface area (Å²) in [5.74, 6) is 1.86. The highest BCUT2D eigenvalue weighted by atomic mass is 31.1. The lowest BCUT2D eigenvalue weighted by Crippen LogP contribution is -1.76. The van der Waals surface area contributed by atoms with E-state index in [1.807, 2.05) is 19.4 Å². The van der Waals surface area contributed by atoms with E-state index in [1.165, 1.54) is 0 Å². The smallest absolute Gasteiger partial charge is 0.0576 e. The van der Waals surface area contributed by atoms with Crippen molar-refractivity contribution in [1.29, 1.82) is 0 Å². The zero-order valence-electron chi connectivity index (χ0n) is 5.35. The molecular weight excluding hydrogens is 119 g/mol. The van der Waals surface area contributed by atoms with Crippen LogP contribution in [0.4, 0.5) is 0 Å². The van der Waals surface area contributed by atoms with Gasteiger partial charge in [0.1, 0.15) is 0 Å². The molecule has 0 spiro atoms. The second kappa shape index (κ2) is 5.05. The molecule has 0 heterocycles. The van der Waals surface area contributed by atoms with Crippen molar-refractivity contribution in [1.82, 2.24) is 0 Å². The Balaban J connectivity index is 3.31. The minimum atomic E-state index is -0.379. The predicted octanol–water partition coefficient (Wildman–Crippen LogP) is 2.35. The van der Waals surface area contributed by atoms with Gasteiger partial charge < -0.3 is 4.52 Å². The Morgan fingerprint density at radius 3 is 2.88 bits per heavy atom. The average Bonchev–Trinajstić information content (AvgIpc) is 1.68. The lowest BCUT2D eigenvalue weighted by Gasteiger charge is -2.01. The normalized spacial score (nSPS) is 12.2. The summed E-state index contributed by atoms with van der Waals surface area (Å²) in [6, 6.07) is 0. The molecule has 1 nitrogen and oxygen atoms in total. The Kier molecular flexibility index (Phi) is 5.00. The highest BCUT2D eigenvalue weighted by molar-refractivity contribution is 7.55. The predicted molar refractivity (Wildman–Crippen MR) is 38.2 cm³/mol. The summed E-state index contributed by atoms with van der Waals surface area (Å²) in [6.07, 6.45) is 0. The van der Waals surface area contributed by atoms with Gasteiger partial charge in [0.05, 0.1) is 8.15 Å². The van der Waals surface area contributed by atoms with Gasteiger partial charge in [0.25, 0.3) is 0 Å². The largest absolute Gasteiger partial charge is 0.355 e. The molecule has 0 saturated carbocycles. The van der Waals surface area contributed by atoms with Crippen LogP contribution in [0.5, 0.6) is 0 Å². The van der Waals surface area contributed by atoms with E-state index in [0.717, 1.165) is 6.61 Å². The molecule has 0 N–H and O–H groups in total. The van der Waals surface area contributed by atoms with Crippen LogP contribution >= 0.6 is 8.15 Å². The van der Waals surface area contributed by atoms with E-state index in [9.17, 15) is 0 Å². The van der Waals surface area contributed by atoms with E-state index < -0.39 is 0 Å². The lowest BCUT2D eigenvalue weighted by atomic mass is 10.9. The molecule has 0 aromatic carbocycles. The summed E-state index contributed by atoms with van der Waals surface area (Å²) in [5.41, 5.74) is 2.68. The molecule has 8 heavy (non-hydrogen) atoms. The van der Waals surface area contributed by atoms with Crippen LogP contribution in [0.25, 0.3) is 0 Å². The molecule has 1 unspecified atom stereocenters. The lowest BCUT2D eigenvalue weighted by molar-refractivity contribution is 0.385. The number of rotatable bonds is 3. The third-order valence-electron chi connectivity index (χ3n) is 0.606. The molecule has 1 atom stereocenters. The summed E-state index contributed by atoms with van der Waals surface area (Å²) >= 11 is 0. The van der Waals surface area contributed by atoms with E-state index in [2.05, 4.69) is 12.3 Å². The van der Waals surface area contributed by atoms with Gasteiger partial charge in [-0.15, -0.1) is 5.73 Å². The molecule has 0 aromatic heterocycles. The maximum Gasteiger partial charge on any atom is 0.0576 e. The molecule has 0 aliphatic rings. The second-order valence-corrected chi connectivity index (χ2v) is 2.91. The van der Waals surface area contributed by atoms with Crippen LogP contribution in [0, 0.1) is 0 Å². The molecule has 2 heteroatoms. The summed E-state index contributed by atoms with van der Waals surface area (Å²) in [5, 5.41) is 0. The van der Waals surface area contributed by atoms with E-state index in [0.29, 0.717) is 0 Å². The molecular formula is C6H11OP. The summed E-state index contributed by atoms with van der Waals surface area (Å²) in [7, 11) is -0.379. The van der Waals surface area contributed by atoms with E-state index in [4.69, 9.17) is 4.52 Å². The van der Waals surface area contributed by atoms with Crippen LogP contribution in [0.3, 0.4) is 0 Å². The summed E-state index contributed by atoms with van der Waals surface area (Å²) < 4.78 is 5.19. The second-order valence-electron chi connectivity index (χ2n) is 1.30. The Hall–Kier alpha value is -0.0900. The molecule has 0 amide bonds. The first-order chi connectivity index (χ1) is 3.81. The van der Waals surface area contributed by atoms with Gasteiger partial charge in [-0.1, -0.05) is 6.58 Å². The van der Waals surface area contributed by atoms with Gasteiger partial charge in [0.2, 0.25) is 0 Å². The van der Waals surface area contributed by atoms with Crippen molar-refractivity contribution in [2.45, 2.75) is 6.92 Å². The van der Waals surface area contributed by atoms with E-state index in [1.54, 1.807) is 0 Å². The Bertz CT molecular complexity index is 94.7. The van der Waals surface area contributed by atoms with Crippen molar-refractivity contribution in [3.8, 4) is 0 Å². The molecule has 0 saturated heterocycles. The maximum absolute atomic E-state index is 5.19. The van der Waals surface area contributed by atoms with E-state index in [-0.39, 0.29) is 8.15 Å². The Labute approximate surface area is 51.9 Å². The SMILES string of the molecule is C=C=CP(C)OCC. The minimum absolute atomic E-state index is 0.379. The van der Waals surface area contributed by atoms with Crippen LogP contribution < -0.4 is 0 Å². The highest BCUT2D eigenvalue weighted by Crippen LogP contribution is 2.32. The number of hydrogen-bond acceptors (Lipinski definition) is 1. The summed E-state index contributed by atoms with van der Waals surface area (Å²) in [6.45, 7) is 8.22. The van der Waals surface area contributed by atoms with Crippen molar-refractivity contribution in [3.05, 3.63) is 18.1 Å². The van der Waals surface area contributed by atoms with Gasteiger partial charge in [-0.05, 0) is 13.6 Å². The first-order valence-electron chi connectivity index (χ1n) is 2.53. The maximum atomic E-state index is 5.19. The van der Waals surface area contributed by atoms with Crippen LogP contribution in [0.1, 0.15) is 6.92 Å². The quantitative estimate of drug-likeness (QED) is 0.421. The van der Waals surface area contributed by atoms with Gasteiger partial charge >= 0.3 is 0 Å². The first-order valence-corrected chi connectivity index (χ1v) is 4.30. The fraction of sp³-hybridized carbons (Fsp3) is 0.500. The summed E-state index contributed by atoms with van der Waals surface area (Å²) in [4.78, 5) is 0. The fourth-order valence-corrected chi connectivity index (χ4v) is 1.11. The van der Waals surface area contributed by atoms with E-state index >= 15 is 0 Å². The van der Waals surface area contributed by atoms with Crippen LogP contribution in [-0.4, -0.2) is 13.3 Å². The molecule has 0 aliphatic heterocycles. The number of hydrogen-bond donors (Lipinski definition) is 0. The van der Waals surface area contributed by atoms with Crippen molar-refractivity contribution in [2.75, 3.05) is 13.3 Å². The molecule has 0 bridgehead atoms. The first kappa shape index (κ1) is 7.91. The van der Waals surface area contributed by atoms with Gasteiger partial charge in [0, 0.05) is 12.4 Å². The van der Waals surface area contributed by atoms with Gasteiger partial charge in [0.15, 0.2) is 0 Å². The third-order valence-corrected chi connectivity index (χ3v) is 1.82. The highest BCUT2D eigenvalue weighted by Gasteiger charge is 1.89. The Morgan fingerprint density at radius 1 is 1.88 bits per heavy atom. The third kappa shape index (κ3) is 4.08.